The lowest BCUT2D eigenvalue weighted by molar-refractivity contribution is -0.633. The van der Waals surface area contributed by atoms with Gasteiger partial charge >= 0.3 is 0 Å². The van der Waals surface area contributed by atoms with E-state index < -0.39 is 22.1 Å². The Morgan fingerprint density at radius 2 is 1.57 bits per heavy atom. The molecule has 0 aliphatic carbocycles. The lowest BCUT2D eigenvalue weighted by Gasteiger charge is -2.41. The maximum absolute atomic E-state index is 12.7. The first-order valence-corrected chi connectivity index (χ1v) is 10.3. The number of methoxy groups -OCH3 is 1. The lowest BCUT2D eigenvalue weighted by Crippen LogP contribution is -2.51. The van der Waals surface area contributed by atoms with Crippen LogP contribution in [-0.4, -0.2) is 38.7 Å². The third-order valence-electron chi connectivity index (χ3n) is 4.83. The van der Waals surface area contributed by atoms with Crippen LogP contribution in [0.1, 0.15) is 24.7 Å². The minimum atomic E-state index is -3.55. The summed E-state index contributed by atoms with van der Waals surface area (Å²) >= 11 is 0. The first-order valence-electron chi connectivity index (χ1n) is 8.91. The van der Waals surface area contributed by atoms with Gasteiger partial charge in [0.2, 0.25) is 22.1 Å². The van der Waals surface area contributed by atoms with Crippen molar-refractivity contribution in [2.24, 2.45) is 0 Å². The van der Waals surface area contributed by atoms with E-state index in [0.717, 1.165) is 0 Å². The monoisotopic (exact) mass is 407 g/mol. The predicted molar refractivity (Wildman–Crippen MR) is 97.2 cm³/mol. The van der Waals surface area contributed by atoms with Gasteiger partial charge in [-0.15, -0.1) is 0 Å². The van der Waals surface area contributed by atoms with E-state index in [9.17, 15) is 8.42 Å². The third-order valence-corrected chi connectivity index (χ3v) is 6.74. The number of hydrogen-bond donors (Lipinski definition) is 0. The smallest absolute Gasteiger partial charge is 0.249 e. The van der Waals surface area contributed by atoms with Crippen LogP contribution in [0.4, 0.5) is 0 Å². The van der Waals surface area contributed by atoms with Crippen molar-refractivity contribution in [2.45, 2.75) is 29.8 Å². The summed E-state index contributed by atoms with van der Waals surface area (Å²) in [6, 6.07) is 15.5. The van der Waals surface area contributed by atoms with Gasteiger partial charge in [0.25, 0.3) is 0 Å². The molecule has 8 nitrogen and oxygen atoms in total. The molecule has 0 N–H and O–H groups in total. The highest BCUT2D eigenvalue weighted by molar-refractivity contribution is 7.89. The van der Waals surface area contributed by atoms with E-state index in [4.69, 9.17) is 24.3 Å². The quantitative estimate of drug-likeness (QED) is 0.721. The molecule has 9 heteroatoms. The molecule has 0 atom stereocenters. The van der Waals surface area contributed by atoms with E-state index >= 15 is 0 Å². The van der Waals surface area contributed by atoms with Gasteiger partial charge in [0.1, 0.15) is 5.75 Å². The van der Waals surface area contributed by atoms with Gasteiger partial charge in [0.15, 0.2) is 0 Å². The average Bonchev–Trinajstić information content (AvgIpc) is 2.75. The van der Waals surface area contributed by atoms with Gasteiger partial charge in [-0.3, -0.25) is 0 Å². The van der Waals surface area contributed by atoms with Gasteiger partial charge in [-0.1, -0.05) is 30.3 Å². The highest BCUT2D eigenvalue weighted by Crippen LogP contribution is 2.38. The molecule has 2 saturated heterocycles. The zero-order chi connectivity index (χ0) is 19.6. The number of sulfonamides is 1. The van der Waals surface area contributed by atoms with Crippen LogP contribution >= 0.6 is 0 Å². The lowest BCUT2D eigenvalue weighted by atomic mass is 10.1. The second-order valence-corrected chi connectivity index (χ2v) is 8.53. The molecule has 2 heterocycles. The fourth-order valence-corrected chi connectivity index (χ4v) is 4.60. The Hall–Kier alpha value is -2.01. The van der Waals surface area contributed by atoms with Crippen molar-refractivity contribution in [3.05, 3.63) is 60.2 Å². The summed E-state index contributed by atoms with van der Waals surface area (Å²) in [7, 11) is -1.96. The number of piperidine rings is 1. The van der Waals surface area contributed by atoms with Gasteiger partial charge in [-0.25, -0.2) is 8.42 Å². The van der Waals surface area contributed by atoms with Crippen molar-refractivity contribution in [3.8, 4) is 5.75 Å². The number of ether oxygens (including phenoxy) is 1. The Bertz CT molecular complexity index is 884. The molecule has 2 aromatic carbocycles. The highest BCUT2D eigenvalue weighted by Gasteiger charge is 2.46. The topological polar surface area (TPSA) is 83.5 Å². The van der Waals surface area contributed by atoms with Crippen LogP contribution < -0.4 is 4.74 Å². The Kier molecular flexibility index (Phi) is 5.37. The van der Waals surface area contributed by atoms with Crippen molar-refractivity contribution in [2.75, 3.05) is 20.2 Å². The second-order valence-electron chi connectivity index (χ2n) is 6.59. The summed E-state index contributed by atoms with van der Waals surface area (Å²) in [4.78, 5) is 22.0. The van der Waals surface area contributed by atoms with Crippen molar-refractivity contribution in [1.29, 1.82) is 0 Å². The number of nitrogens with zero attached hydrogens (tertiary/aromatic N) is 1. The zero-order valence-corrected chi connectivity index (χ0v) is 16.1. The first-order chi connectivity index (χ1) is 13.5. The fourth-order valence-electron chi connectivity index (χ4n) is 3.14. The molecular weight excluding hydrogens is 386 g/mol. The van der Waals surface area contributed by atoms with Crippen molar-refractivity contribution < 1.29 is 32.7 Å². The van der Waals surface area contributed by atoms with Gasteiger partial charge in [-0.05, 0) is 24.3 Å². The molecule has 4 rings (SSSR count). The molecule has 1 spiro atoms. The predicted octanol–water partition coefficient (Wildman–Crippen LogP) is 2.78. The van der Waals surface area contributed by atoms with E-state index in [1.165, 1.54) is 4.31 Å². The first kappa shape index (κ1) is 19.3. The molecule has 0 radical (unpaired) electrons. The van der Waals surface area contributed by atoms with Crippen LogP contribution in [0.15, 0.2) is 59.5 Å². The molecule has 0 amide bonds. The third kappa shape index (κ3) is 3.77. The number of rotatable bonds is 4. The molecule has 2 aliphatic rings. The Balaban J connectivity index is 1.36. The summed E-state index contributed by atoms with van der Waals surface area (Å²) in [5.74, 6) is -0.407. The molecular formula is C19H21NO7S. The van der Waals surface area contributed by atoms with E-state index in [0.29, 0.717) is 11.3 Å². The van der Waals surface area contributed by atoms with E-state index in [1.807, 2.05) is 0 Å². The Labute approximate surface area is 163 Å². The second kappa shape index (κ2) is 7.78. The van der Waals surface area contributed by atoms with Gasteiger partial charge in [-0.2, -0.15) is 23.9 Å². The molecule has 150 valence electrons. The van der Waals surface area contributed by atoms with Crippen LogP contribution in [0, 0.1) is 0 Å². The van der Waals surface area contributed by atoms with E-state index in [1.54, 1.807) is 61.7 Å². The summed E-state index contributed by atoms with van der Waals surface area (Å²) in [5, 5.41) is 0. The molecule has 2 aliphatic heterocycles. The summed E-state index contributed by atoms with van der Waals surface area (Å²) in [6.45, 7) is 0.467. The van der Waals surface area contributed by atoms with Gasteiger partial charge in [0, 0.05) is 31.5 Å². The molecule has 0 saturated carbocycles. The van der Waals surface area contributed by atoms with Crippen LogP contribution in [-0.2, 0) is 29.6 Å². The van der Waals surface area contributed by atoms with Crippen LogP contribution in [0.3, 0.4) is 0 Å². The van der Waals surface area contributed by atoms with Crippen molar-refractivity contribution >= 4 is 10.0 Å². The summed E-state index contributed by atoms with van der Waals surface area (Å²) in [6.07, 6.45) is -0.259. The molecule has 28 heavy (non-hydrogen) atoms. The molecule has 0 bridgehead atoms. The minimum Gasteiger partial charge on any atom is -0.497 e. The minimum absolute atomic E-state index is 0.233. The Morgan fingerprint density at radius 3 is 2.14 bits per heavy atom. The van der Waals surface area contributed by atoms with Crippen molar-refractivity contribution in [3.63, 3.8) is 0 Å². The standard InChI is InChI=1S/C19H21NO7S/c1-23-16-9-7-15(8-10-16)18-24-26-19(27-25-18)11-13-20(14-12-19)28(21,22)17-5-3-2-4-6-17/h2-10,18H,11-14H2,1H3. The van der Waals surface area contributed by atoms with Crippen LogP contribution in [0.5, 0.6) is 5.75 Å². The molecule has 0 unspecified atom stereocenters. The summed E-state index contributed by atoms with van der Waals surface area (Å²) in [5.41, 5.74) is 0.708. The summed E-state index contributed by atoms with van der Waals surface area (Å²) < 4.78 is 32.0. The molecule has 2 aromatic rings. The van der Waals surface area contributed by atoms with Gasteiger partial charge < -0.3 is 4.74 Å². The largest absolute Gasteiger partial charge is 0.497 e. The zero-order valence-electron chi connectivity index (χ0n) is 15.3. The van der Waals surface area contributed by atoms with Crippen molar-refractivity contribution in [1.82, 2.24) is 4.31 Å². The molecule has 0 aromatic heterocycles. The van der Waals surface area contributed by atoms with Crippen LogP contribution in [0.2, 0.25) is 0 Å². The Morgan fingerprint density at radius 1 is 0.964 bits per heavy atom. The number of benzene rings is 2. The van der Waals surface area contributed by atoms with Gasteiger partial charge in [0.05, 0.1) is 12.0 Å². The van der Waals surface area contributed by atoms with E-state index in [2.05, 4.69) is 0 Å². The SMILES string of the molecule is COc1ccc(C2OOC3(CCN(S(=O)(=O)c4ccccc4)CC3)OO2)cc1. The maximum atomic E-state index is 12.7. The number of hydrogen-bond acceptors (Lipinski definition) is 7. The fraction of sp³-hybridized carbons (Fsp3) is 0.368. The van der Waals surface area contributed by atoms with E-state index in [-0.39, 0.29) is 30.8 Å². The van der Waals surface area contributed by atoms with Crippen LogP contribution in [0.25, 0.3) is 0 Å². The maximum Gasteiger partial charge on any atom is 0.249 e. The highest BCUT2D eigenvalue weighted by atomic mass is 32.2. The molecule has 2 fully saturated rings. The normalized spacial score (nSPS) is 20.9. The average molecular weight is 407 g/mol.